The first kappa shape index (κ1) is 14.2. The summed E-state index contributed by atoms with van der Waals surface area (Å²) in [6, 6.07) is 0.348. The maximum Gasteiger partial charge on any atom is 0.131 e. The highest BCUT2D eigenvalue weighted by atomic mass is 15.3. The number of aromatic nitrogens is 4. The third-order valence-corrected chi connectivity index (χ3v) is 3.93. The fourth-order valence-electron chi connectivity index (χ4n) is 2.65. The van der Waals surface area contributed by atoms with Crippen LogP contribution in [0.5, 0.6) is 0 Å². The van der Waals surface area contributed by atoms with E-state index in [0.29, 0.717) is 17.9 Å². The van der Waals surface area contributed by atoms with Crippen LogP contribution in [0.15, 0.2) is 12.4 Å². The van der Waals surface area contributed by atoms with E-state index in [9.17, 15) is 0 Å². The molecule has 0 saturated heterocycles. The summed E-state index contributed by atoms with van der Waals surface area (Å²) in [5.41, 5.74) is 8.31. The number of hydrogen-bond acceptors (Lipinski definition) is 3. The standard InChI is InChI=1S/C16H25N5/c1-10(2)8-20-15(17)14(19-16(20)12-5-6-12)13-7-18-21(9-13)11(3)4/h7,9-12H,5-6,8,17H2,1-4H3. The summed E-state index contributed by atoms with van der Waals surface area (Å²) in [4.78, 5) is 4.85. The highest BCUT2D eigenvalue weighted by Gasteiger charge is 2.31. The summed E-state index contributed by atoms with van der Waals surface area (Å²) in [6.07, 6.45) is 6.38. The van der Waals surface area contributed by atoms with Crippen LogP contribution in [0.1, 0.15) is 58.3 Å². The molecule has 0 atom stereocenters. The van der Waals surface area contributed by atoms with Gasteiger partial charge in [0.25, 0.3) is 0 Å². The van der Waals surface area contributed by atoms with Gasteiger partial charge in [-0.1, -0.05) is 13.8 Å². The average Bonchev–Trinajstić information content (AvgIpc) is 3.04. The lowest BCUT2D eigenvalue weighted by atomic mass is 10.2. The van der Waals surface area contributed by atoms with Crippen molar-refractivity contribution in [2.75, 3.05) is 5.73 Å². The molecule has 0 unspecified atom stereocenters. The summed E-state index contributed by atoms with van der Waals surface area (Å²) in [5, 5.41) is 4.41. The molecule has 0 spiro atoms. The van der Waals surface area contributed by atoms with Crippen LogP contribution >= 0.6 is 0 Å². The molecule has 2 aromatic heterocycles. The van der Waals surface area contributed by atoms with E-state index in [0.717, 1.165) is 29.4 Å². The van der Waals surface area contributed by atoms with Gasteiger partial charge in [-0.3, -0.25) is 4.68 Å². The molecule has 0 radical (unpaired) electrons. The molecular weight excluding hydrogens is 262 g/mol. The van der Waals surface area contributed by atoms with Gasteiger partial charge in [0.15, 0.2) is 0 Å². The van der Waals surface area contributed by atoms with E-state index in [-0.39, 0.29) is 0 Å². The third kappa shape index (κ3) is 2.69. The van der Waals surface area contributed by atoms with Crippen molar-refractivity contribution in [2.45, 2.75) is 59.0 Å². The number of nitrogens with two attached hydrogens (primary N) is 1. The van der Waals surface area contributed by atoms with Crippen molar-refractivity contribution in [3.63, 3.8) is 0 Å². The molecular formula is C16H25N5. The van der Waals surface area contributed by atoms with E-state index < -0.39 is 0 Å². The Morgan fingerprint density at radius 2 is 2.00 bits per heavy atom. The predicted octanol–water partition coefficient (Wildman–Crippen LogP) is 3.44. The number of hydrogen-bond donors (Lipinski definition) is 1. The molecule has 2 N–H and O–H groups in total. The first-order chi connectivity index (χ1) is 9.97. The van der Waals surface area contributed by atoms with Crippen LogP contribution in [0.25, 0.3) is 11.3 Å². The zero-order chi connectivity index (χ0) is 15.1. The molecule has 0 amide bonds. The molecule has 1 fully saturated rings. The Bertz CT molecular complexity index is 631. The Kier molecular flexibility index (Phi) is 3.51. The third-order valence-electron chi connectivity index (χ3n) is 3.93. The van der Waals surface area contributed by atoms with Crippen molar-refractivity contribution in [1.82, 2.24) is 19.3 Å². The average molecular weight is 287 g/mol. The maximum atomic E-state index is 6.40. The summed E-state index contributed by atoms with van der Waals surface area (Å²) >= 11 is 0. The number of nitrogen functional groups attached to an aromatic ring is 1. The van der Waals surface area contributed by atoms with Crippen molar-refractivity contribution in [2.24, 2.45) is 5.92 Å². The Morgan fingerprint density at radius 3 is 2.52 bits per heavy atom. The number of imidazole rings is 1. The topological polar surface area (TPSA) is 61.7 Å². The second-order valence-corrected chi connectivity index (χ2v) is 6.79. The van der Waals surface area contributed by atoms with Gasteiger partial charge in [0.1, 0.15) is 17.3 Å². The minimum absolute atomic E-state index is 0.348. The van der Waals surface area contributed by atoms with Crippen molar-refractivity contribution >= 4 is 5.82 Å². The van der Waals surface area contributed by atoms with E-state index >= 15 is 0 Å². The Morgan fingerprint density at radius 1 is 1.29 bits per heavy atom. The van der Waals surface area contributed by atoms with Crippen LogP contribution in [-0.2, 0) is 6.54 Å². The van der Waals surface area contributed by atoms with E-state index in [1.807, 2.05) is 17.1 Å². The molecule has 5 nitrogen and oxygen atoms in total. The van der Waals surface area contributed by atoms with Gasteiger partial charge in [-0.25, -0.2) is 4.98 Å². The summed E-state index contributed by atoms with van der Waals surface area (Å²) < 4.78 is 4.16. The molecule has 21 heavy (non-hydrogen) atoms. The fraction of sp³-hybridized carbons (Fsp3) is 0.625. The van der Waals surface area contributed by atoms with Crippen molar-refractivity contribution in [3.05, 3.63) is 18.2 Å². The monoisotopic (exact) mass is 287 g/mol. The second kappa shape index (κ2) is 5.20. The molecule has 1 aliphatic carbocycles. The maximum absolute atomic E-state index is 6.40. The van der Waals surface area contributed by atoms with Crippen molar-refractivity contribution in [3.8, 4) is 11.3 Å². The zero-order valence-electron chi connectivity index (χ0n) is 13.4. The Hall–Kier alpha value is -1.78. The van der Waals surface area contributed by atoms with Crippen LogP contribution in [0.3, 0.4) is 0 Å². The van der Waals surface area contributed by atoms with Crippen LogP contribution in [0.4, 0.5) is 5.82 Å². The molecule has 5 heteroatoms. The molecule has 0 bridgehead atoms. The molecule has 2 heterocycles. The van der Waals surface area contributed by atoms with E-state index in [1.165, 1.54) is 12.8 Å². The summed E-state index contributed by atoms with van der Waals surface area (Å²) in [5.74, 6) is 3.10. The smallest absolute Gasteiger partial charge is 0.131 e. The first-order valence-corrected chi connectivity index (χ1v) is 7.87. The fourth-order valence-corrected chi connectivity index (χ4v) is 2.65. The molecule has 0 aromatic carbocycles. The van der Waals surface area contributed by atoms with E-state index in [1.54, 1.807) is 0 Å². The number of rotatable bonds is 5. The highest BCUT2D eigenvalue weighted by Crippen LogP contribution is 2.42. The second-order valence-electron chi connectivity index (χ2n) is 6.79. The molecule has 0 aliphatic heterocycles. The first-order valence-electron chi connectivity index (χ1n) is 7.87. The molecule has 3 rings (SSSR count). The quantitative estimate of drug-likeness (QED) is 0.916. The van der Waals surface area contributed by atoms with Crippen LogP contribution in [0, 0.1) is 5.92 Å². The van der Waals surface area contributed by atoms with Gasteiger partial charge in [0.05, 0.1) is 6.20 Å². The van der Waals surface area contributed by atoms with Gasteiger partial charge >= 0.3 is 0 Å². The minimum atomic E-state index is 0.348. The zero-order valence-corrected chi connectivity index (χ0v) is 13.4. The minimum Gasteiger partial charge on any atom is -0.383 e. The van der Waals surface area contributed by atoms with Crippen LogP contribution in [-0.4, -0.2) is 19.3 Å². The van der Waals surface area contributed by atoms with Crippen molar-refractivity contribution < 1.29 is 0 Å². The van der Waals surface area contributed by atoms with E-state index in [4.69, 9.17) is 10.7 Å². The van der Waals surface area contributed by atoms with Crippen LogP contribution in [0.2, 0.25) is 0 Å². The lowest BCUT2D eigenvalue weighted by Crippen LogP contribution is -2.10. The number of nitrogens with zero attached hydrogens (tertiary/aromatic N) is 4. The van der Waals surface area contributed by atoms with Gasteiger partial charge in [-0.15, -0.1) is 0 Å². The SMILES string of the molecule is CC(C)Cn1c(C2CC2)nc(-c2cnn(C(C)C)c2)c1N. The molecule has 2 aromatic rings. The van der Waals surface area contributed by atoms with Crippen LogP contribution < -0.4 is 5.73 Å². The molecule has 1 saturated carbocycles. The van der Waals surface area contributed by atoms with Gasteiger partial charge in [-0.05, 0) is 32.6 Å². The molecule has 114 valence electrons. The van der Waals surface area contributed by atoms with Gasteiger partial charge in [-0.2, -0.15) is 5.10 Å². The normalized spacial score (nSPS) is 15.3. The summed E-state index contributed by atoms with van der Waals surface area (Å²) in [6.45, 7) is 9.60. The lowest BCUT2D eigenvalue weighted by molar-refractivity contribution is 0.512. The van der Waals surface area contributed by atoms with Gasteiger partial charge in [0.2, 0.25) is 0 Å². The Balaban J connectivity index is 2.01. The molecule has 1 aliphatic rings. The Labute approximate surface area is 126 Å². The van der Waals surface area contributed by atoms with Gasteiger partial charge < -0.3 is 10.3 Å². The van der Waals surface area contributed by atoms with E-state index in [2.05, 4.69) is 37.4 Å². The largest absolute Gasteiger partial charge is 0.383 e. The highest BCUT2D eigenvalue weighted by molar-refractivity contribution is 5.70. The van der Waals surface area contributed by atoms with Gasteiger partial charge in [0, 0.05) is 30.3 Å². The van der Waals surface area contributed by atoms with Crippen molar-refractivity contribution in [1.29, 1.82) is 0 Å². The summed E-state index contributed by atoms with van der Waals surface area (Å²) in [7, 11) is 0. The predicted molar refractivity (Wildman–Crippen MR) is 85.1 cm³/mol. The lowest BCUT2D eigenvalue weighted by Gasteiger charge is -2.11. The number of anilines is 1.